The average Bonchev–Trinajstić information content (AvgIpc) is 3.71. The van der Waals surface area contributed by atoms with Crippen molar-refractivity contribution < 1.29 is 0 Å². The Bertz CT molecular complexity index is 2810. The monoisotopic (exact) mass is 761 g/mol. The molecule has 5 heterocycles. The quantitative estimate of drug-likeness (QED) is 0.154. The van der Waals surface area contributed by atoms with Crippen molar-refractivity contribution in [2.45, 2.75) is 153 Å². The van der Waals surface area contributed by atoms with E-state index in [-0.39, 0.29) is 39.5 Å². The molecule has 0 saturated heterocycles. The van der Waals surface area contributed by atoms with Crippen LogP contribution in [-0.4, -0.2) is 22.4 Å². The Morgan fingerprint density at radius 2 is 1.16 bits per heavy atom. The first kappa shape index (κ1) is 35.5. The van der Waals surface area contributed by atoms with Crippen LogP contribution >= 0.6 is 0 Å². The molecule has 6 aliphatic rings. The molecule has 0 N–H and O–H groups in total. The molecule has 4 unspecified atom stereocenters. The Morgan fingerprint density at radius 1 is 0.534 bits per heavy atom. The van der Waals surface area contributed by atoms with Crippen LogP contribution < -0.4 is 26.2 Å². The average molecular weight is 762 g/mol. The molecule has 4 aliphatic heterocycles. The zero-order valence-corrected chi connectivity index (χ0v) is 36.7. The van der Waals surface area contributed by atoms with Crippen LogP contribution in [0.15, 0.2) is 84.9 Å². The Balaban J connectivity index is 1.26. The third-order valence-electron chi connectivity index (χ3n) is 17.6. The van der Waals surface area contributed by atoms with Gasteiger partial charge in [-0.3, -0.25) is 0 Å². The van der Waals surface area contributed by atoms with Crippen molar-refractivity contribution in [1.82, 2.24) is 4.57 Å². The van der Waals surface area contributed by atoms with Gasteiger partial charge in [-0.05, 0) is 125 Å². The van der Waals surface area contributed by atoms with Gasteiger partial charge in [0.15, 0.2) is 0 Å². The largest absolute Gasteiger partial charge is 0.335 e. The molecule has 6 aromatic rings. The summed E-state index contributed by atoms with van der Waals surface area (Å²) in [4.78, 5) is 5.77. The smallest absolute Gasteiger partial charge is 0.252 e. The Hall–Kier alpha value is -4.44. The molecule has 3 nitrogen and oxygen atoms in total. The van der Waals surface area contributed by atoms with Crippen molar-refractivity contribution in [3.63, 3.8) is 0 Å². The van der Waals surface area contributed by atoms with Crippen molar-refractivity contribution in [3.8, 4) is 5.69 Å². The van der Waals surface area contributed by atoms with Gasteiger partial charge in [0.1, 0.15) is 0 Å². The van der Waals surface area contributed by atoms with Crippen LogP contribution in [-0.2, 0) is 21.7 Å². The first-order valence-corrected chi connectivity index (χ1v) is 22.7. The minimum Gasteiger partial charge on any atom is -0.335 e. The molecule has 0 bridgehead atoms. The fourth-order valence-electron chi connectivity index (χ4n) is 13.9. The van der Waals surface area contributed by atoms with Gasteiger partial charge in [-0.25, -0.2) is 0 Å². The van der Waals surface area contributed by atoms with E-state index in [9.17, 15) is 0 Å². The topological polar surface area (TPSA) is 11.4 Å². The van der Waals surface area contributed by atoms with E-state index in [1.807, 2.05) is 0 Å². The molecule has 294 valence electrons. The molecule has 2 saturated carbocycles. The number of fused-ring (bicyclic) bond motifs is 13. The molecule has 58 heavy (non-hydrogen) atoms. The minimum atomic E-state index is -0.0227. The summed E-state index contributed by atoms with van der Waals surface area (Å²) in [5.74, 6) is 0. The third kappa shape index (κ3) is 4.00. The minimum absolute atomic E-state index is 0.00812. The number of aromatic nitrogens is 1. The van der Waals surface area contributed by atoms with Gasteiger partial charge in [0.2, 0.25) is 0 Å². The fourth-order valence-corrected chi connectivity index (χ4v) is 13.9. The molecule has 4 heteroatoms. The van der Waals surface area contributed by atoms with Crippen LogP contribution in [0.2, 0.25) is 0 Å². The third-order valence-corrected chi connectivity index (χ3v) is 17.6. The van der Waals surface area contributed by atoms with Gasteiger partial charge in [0.05, 0.1) is 16.6 Å². The lowest BCUT2D eigenvalue weighted by atomic mass is 9.33. The molecule has 5 aromatic carbocycles. The van der Waals surface area contributed by atoms with Gasteiger partial charge in [0, 0.05) is 55.6 Å². The van der Waals surface area contributed by atoms with Crippen LogP contribution in [0, 0.1) is 0 Å². The highest BCUT2D eigenvalue weighted by Gasteiger charge is 2.62. The molecule has 1 aromatic heterocycles. The summed E-state index contributed by atoms with van der Waals surface area (Å²) < 4.78 is 2.73. The van der Waals surface area contributed by atoms with Crippen LogP contribution in [0.1, 0.15) is 143 Å². The molecule has 0 radical (unpaired) electrons. The highest BCUT2D eigenvalue weighted by Crippen LogP contribution is 2.64. The first-order valence-electron chi connectivity index (χ1n) is 22.7. The van der Waals surface area contributed by atoms with Crippen LogP contribution in [0.5, 0.6) is 0 Å². The maximum absolute atomic E-state index is 2.93. The van der Waals surface area contributed by atoms with Crippen molar-refractivity contribution in [2.24, 2.45) is 0 Å². The number of para-hydroxylation sites is 2. The van der Waals surface area contributed by atoms with Gasteiger partial charge in [0.25, 0.3) is 6.71 Å². The van der Waals surface area contributed by atoms with Crippen molar-refractivity contribution in [2.75, 3.05) is 9.80 Å². The fraction of sp³-hybridized carbons (Fsp3) is 0.444. The van der Waals surface area contributed by atoms with Crippen LogP contribution in [0.25, 0.3) is 27.5 Å². The molecular weight excluding hydrogens is 701 g/mol. The lowest BCUT2D eigenvalue weighted by Gasteiger charge is -2.53. The standard InChI is InChI=1S/C54H60BN3/c1-49(2,3)33-22-23-42-36(28-33)37-29-34(50(4,5)6)30-41-47(37)56(42)44-31-35(57-43-21-12-11-18-38(43)51(7)24-13-15-26-53(51,57)9)32-45-46(44)55(41)40-20-17-19-39-48(40)58(45)54(10)27-16-14-25-52(39,54)8/h11-12,17-23,28-32H,13-16,24-27H2,1-10H3. The lowest BCUT2D eigenvalue weighted by molar-refractivity contribution is 0.194. The summed E-state index contributed by atoms with van der Waals surface area (Å²) in [5, 5.41) is 2.79. The second-order valence-electron chi connectivity index (χ2n) is 22.4. The van der Waals surface area contributed by atoms with E-state index in [1.54, 1.807) is 5.56 Å². The Labute approximate surface area is 346 Å². The molecule has 12 rings (SSSR count). The summed E-state index contributed by atoms with van der Waals surface area (Å²) in [7, 11) is 0. The lowest BCUT2D eigenvalue weighted by Crippen LogP contribution is -2.64. The SMILES string of the molecule is CC(C)(C)c1ccc2c(c1)c1cc(C(C)(C)C)cc3c1n2-c1cc(N2c4ccccc4C4(C)CCCCC24C)cc2c1B3c1cccc3c1N2C1(C)CCCCC31C. The van der Waals surface area contributed by atoms with Crippen LogP contribution in [0.4, 0.5) is 22.7 Å². The van der Waals surface area contributed by atoms with Crippen molar-refractivity contribution in [3.05, 3.63) is 107 Å². The van der Waals surface area contributed by atoms with E-state index in [2.05, 4.69) is 169 Å². The summed E-state index contributed by atoms with van der Waals surface area (Å²) in [5.41, 5.74) is 20.5. The predicted octanol–water partition coefficient (Wildman–Crippen LogP) is 12.0. The van der Waals surface area contributed by atoms with Crippen LogP contribution in [0.3, 0.4) is 0 Å². The highest BCUT2D eigenvalue weighted by molar-refractivity contribution is 7.00. The van der Waals surface area contributed by atoms with E-state index in [4.69, 9.17) is 0 Å². The molecule has 0 spiro atoms. The molecule has 4 atom stereocenters. The normalized spacial score (nSPS) is 27.8. The number of rotatable bonds is 1. The van der Waals surface area contributed by atoms with E-state index in [1.165, 1.54) is 135 Å². The Morgan fingerprint density at radius 3 is 1.88 bits per heavy atom. The summed E-state index contributed by atoms with van der Waals surface area (Å²) >= 11 is 0. The van der Waals surface area contributed by atoms with Crippen molar-refractivity contribution in [1.29, 1.82) is 0 Å². The number of anilines is 4. The molecule has 2 aliphatic carbocycles. The predicted molar refractivity (Wildman–Crippen MR) is 248 cm³/mol. The maximum atomic E-state index is 2.93. The summed E-state index contributed by atoms with van der Waals surface area (Å²) in [6, 6.07) is 34.8. The maximum Gasteiger partial charge on any atom is 0.252 e. The van der Waals surface area contributed by atoms with Gasteiger partial charge < -0.3 is 14.4 Å². The highest BCUT2D eigenvalue weighted by atomic mass is 15.3. The zero-order chi connectivity index (χ0) is 40.1. The van der Waals surface area contributed by atoms with E-state index < -0.39 is 0 Å². The van der Waals surface area contributed by atoms with E-state index in [0.29, 0.717) is 0 Å². The van der Waals surface area contributed by atoms with Crippen molar-refractivity contribution >= 4 is 67.7 Å². The first-order chi connectivity index (χ1) is 27.5. The van der Waals surface area contributed by atoms with Gasteiger partial charge in [-0.2, -0.15) is 0 Å². The number of nitrogens with zero attached hydrogens (tertiary/aromatic N) is 3. The summed E-state index contributed by atoms with van der Waals surface area (Å²) in [6.07, 6.45) is 10.0. The zero-order valence-electron chi connectivity index (χ0n) is 36.7. The number of benzene rings is 5. The Kier molecular flexibility index (Phi) is 6.63. The van der Waals surface area contributed by atoms with E-state index >= 15 is 0 Å². The molecule has 2 fully saturated rings. The van der Waals surface area contributed by atoms with Gasteiger partial charge >= 0.3 is 0 Å². The van der Waals surface area contributed by atoms with Gasteiger partial charge in [-0.15, -0.1) is 0 Å². The molecule has 0 amide bonds. The number of hydrogen-bond donors (Lipinski definition) is 0. The molecular formula is C54H60BN3. The van der Waals surface area contributed by atoms with Gasteiger partial charge in [-0.1, -0.05) is 130 Å². The van der Waals surface area contributed by atoms with E-state index in [0.717, 1.165) is 0 Å². The number of hydrogen-bond acceptors (Lipinski definition) is 2. The summed E-state index contributed by atoms with van der Waals surface area (Å²) in [6.45, 7) is 24.9. The second-order valence-corrected chi connectivity index (χ2v) is 22.4. The second kappa shape index (κ2) is 10.8.